The van der Waals surface area contributed by atoms with Crippen LogP contribution in [0, 0.1) is 5.92 Å². The van der Waals surface area contributed by atoms with Crippen molar-refractivity contribution in [2.45, 2.75) is 32.8 Å². The van der Waals surface area contributed by atoms with Crippen LogP contribution in [0.1, 0.15) is 26.7 Å². The number of piperazine rings is 1. The maximum Gasteiger partial charge on any atom is 0.222 e. The Morgan fingerprint density at radius 1 is 1.28 bits per heavy atom. The Kier molecular flexibility index (Phi) is 6.60. The summed E-state index contributed by atoms with van der Waals surface area (Å²) in [5.74, 6) is 0.675. The first kappa shape index (κ1) is 15.4. The molecule has 1 unspecified atom stereocenters. The van der Waals surface area contributed by atoms with Crippen molar-refractivity contribution in [2.75, 3.05) is 39.3 Å². The molecule has 5 nitrogen and oxygen atoms in total. The van der Waals surface area contributed by atoms with E-state index in [1.54, 1.807) is 0 Å². The Hall–Kier alpha value is -0.650. The molecule has 1 heterocycles. The van der Waals surface area contributed by atoms with Crippen molar-refractivity contribution in [3.63, 3.8) is 0 Å². The van der Waals surface area contributed by atoms with Crippen molar-refractivity contribution >= 4 is 5.91 Å². The minimum atomic E-state index is -0.340. The van der Waals surface area contributed by atoms with Crippen LogP contribution in [0.3, 0.4) is 0 Å². The topological polar surface area (TPSA) is 69.8 Å². The van der Waals surface area contributed by atoms with Gasteiger partial charge in [-0.05, 0) is 18.9 Å². The molecule has 1 aliphatic heterocycles. The maximum atomic E-state index is 11.9. The molecule has 1 rings (SSSR count). The maximum absolute atomic E-state index is 11.9. The van der Waals surface area contributed by atoms with Crippen LogP contribution in [-0.2, 0) is 4.79 Å². The van der Waals surface area contributed by atoms with Crippen LogP contribution >= 0.6 is 0 Å². The minimum Gasteiger partial charge on any atom is -0.392 e. The van der Waals surface area contributed by atoms with Gasteiger partial charge in [-0.2, -0.15) is 0 Å². The largest absolute Gasteiger partial charge is 0.392 e. The lowest BCUT2D eigenvalue weighted by Gasteiger charge is -2.36. The summed E-state index contributed by atoms with van der Waals surface area (Å²) in [5, 5.41) is 9.69. The predicted molar refractivity (Wildman–Crippen MR) is 72.2 cm³/mol. The number of aliphatic hydroxyl groups is 1. The molecule has 0 aromatic rings. The van der Waals surface area contributed by atoms with Crippen LogP contribution < -0.4 is 5.73 Å². The zero-order chi connectivity index (χ0) is 13.5. The third kappa shape index (κ3) is 5.33. The second kappa shape index (κ2) is 7.71. The summed E-state index contributed by atoms with van der Waals surface area (Å²) < 4.78 is 0. The van der Waals surface area contributed by atoms with Gasteiger partial charge in [-0.3, -0.25) is 9.69 Å². The number of rotatable bonds is 6. The average Bonchev–Trinajstić information content (AvgIpc) is 2.29. The molecule has 0 radical (unpaired) electrons. The van der Waals surface area contributed by atoms with E-state index in [0.29, 0.717) is 31.8 Å². The molecule has 1 amide bonds. The van der Waals surface area contributed by atoms with Gasteiger partial charge in [0.15, 0.2) is 0 Å². The standard InChI is InChI=1S/C13H27N3O2/c1-11(2)9-13(18)16-7-5-15(6-8-16)10-12(17)3-4-14/h11-12,17H,3-10,14H2,1-2H3. The number of nitrogens with zero attached hydrogens (tertiary/aromatic N) is 2. The lowest BCUT2D eigenvalue weighted by molar-refractivity contribution is -0.133. The van der Waals surface area contributed by atoms with Crippen LogP contribution in [0.5, 0.6) is 0 Å². The van der Waals surface area contributed by atoms with E-state index in [0.717, 1.165) is 26.2 Å². The SMILES string of the molecule is CC(C)CC(=O)N1CCN(CC(O)CCN)CC1. The first-order chi connectivity index (χ1) is 8.52. The normalized spacial score (nSPS) is 19.3. The lowest BCUT2D eigenvalue weighted by atomic mass is 10.1. The fourth-order valence-corrected chi connectivity index (χ4v) is 2.24. The van der Waals surface area contributed by atoms with Crippen LogP contribution in [0.15, 0.2) is 0 Å². The van der Waals surface area contributed by atoms with E-state index < -0.39 is 0 Å². The summed E-state index contributed by atoms with van der Waals surface area (Å²) in [4.78, 5) is 16.0. The van der Waals surface area contributed by atoms with Crippen molar-refractivity contribution in [3.05, 3.63) is 0 Å². The van der Waals surface area contributed by atoms with Gasteiger partial charge in [-0.25, -0.2) is 0 Å². The number of carbonyl (C=O) groups excluding carboxylic acids is 1. The van der Waals surface area contributed by atoms with Gasteiger partial charge in [0.1, 0.15) is 0 Å². The summed E-state index contributed by atoms with van der Waals surface area (Å²) in [5.41, 5.74) is 5.41. The molecule has 18 heavy (non-hydrogen) atoms. The molecule has 1 fully saturated rings. The number of amides is 1. The third-order valence-electron chi connectivity index (χ3n) is 3.28. The molecule has 3 N–H and O–H groups in total. The van der Waals surface area contributed by atoms with Crippen LogP contribution in [0.4, 0.5) is 0 Å². The number of hydrogen-bond donors (Lipinski definition) is 2. The summed E-state index contributed by atoms with van der Waals surface area (Å²) >= 11 is 0. The van der Waals surface area contributed by atoms with E-state index in [9.17, 15) is 9.90 Å². The first-order valence-corrected chi connectivity index (χ1v) is 6.91. The van der Waals surface area contributed by atoms with E-state index in [-0.39, 0.29) is 12.0 Å². The molecular formula is C13H27N3O2. The van der Waals surface area contributed by atoms with Crippen LogP contribution in [0.2, 0.25) is 0 Å². The monoisotopic (exact) mass is 257 g/mol. The molecule has 0 saturated carbocycles. The summed E-state index contributed by atoms with van der Waals surface area (Å²) in [7, 11) is 0. The van der Waals surface area contributed by atoms with E-state index in [1.807, 2.05) is 4.90 Å². The molecule has 0 aliphatic carbocycles. The molecule has 106 valence electrons. The molecular weight excluding hydrogens is 230 g/mol. The van der Waals surface area contributed by atoms with Gasteiger partial charge < -0.3 is 15.7 Å². The number of hydrogen-bond acceptors (Lipinski definition) is 4. The van der Waals surface area contributed by atoms with Gasteiger partial charge in [0.2, 0.25) is 5.91 Å². The fraction of sp³-hybridized carbons (Fsp3) is 0.923. The highest BCUT2D eigenvalue weighted by Crippen LogP contribution is 2.08. The van der Waals surface area contributed by atoms with Gasteiger partial charge >= 0.3 is 0 Å². The molecule has 5 heteroatoms. The number of β-amino-alcohol motifs (C(OH)–C–C–N with tert-alkyl or cyclic N) is 1. The zero-order valence-electron chi connectivity index (χ0n) is 11.6. The van der Waals surface area contributed by atoms with Crippen molar-refractivity contribution in [2.24, 2.45) is 11.7 Å². The lowest BCUT2D eigenvalue weighted by Crippen LogP contribution is -2.50. The van der Waals surface area contributed by atoms with Crippen LogP contribution in [-0.4, -0.2) is 66.2 Å². The van der Waals surface area contributed by atoms with E-state index in [4.69, 9.17) is 5.73 Å². The van der Waals surface area contributed by atoms with Crippen molar-refractivity contribution in [1.82, 2.24) is 9.80 Å². The van der Waals surface area contributed by atoms with Crippen molar-refractivity contribution in [3.8, 4) is 0 Å². The van der Waals surface area contributed by atoms with E-state index in [1.165, 1.54) is 0 Å². The molecule has 1 aliphatic rings. The Morgan fingerprint density at radius 2 is 1.89 bits per heavy atom. The Balaban J connectivity index is 2.26. The Labute approximate surface area is 110 Å². The zero-order valence-corrected chi connectivity index (χ0v) is 11.6. The highest BCUT2D eigenvalue weighted by molar-refractivity contribution is 5.76. The van der Waals surface area contributed by atoms with Gasteiger partial charge in [-0.1, -0.05) is 13.8 Å². The van der Waals surface area contributed by atoms with Gasteiger partial charge in [0, 0.05) is 39.1 Å². The fourth-order valence-electron chi connectivity index (χ4n) is 2.24. The van der Waals surface area contributed by atoms with Crippen LogP contribution in [0.25, 0.3) is 0 Å². The molecule has 1 atom stereocenters. The van der Waals surface area contributed by atoms with Crippen molar-refractivity contribution in [1.29, 1.82) is 0 Å². The summed E-state index contributed by atoms with van der Waals surface area (Å²) in [6.45, 7) is 8.59. The van der Waals surface area contributed by atoms with E-state index in [2.05, 4.69) is 18.7 Å². The highest BCUT2D eigenvalue weighted by Gasteiger charge is 2.22. The number of carbonyl (C=O) groups is 1. The second-order valence-corrected chi connectivity index (χ2v) is 5.51. The average molecular weight is 257 g/mol. The smallest absolute Gasteiger partial charge is 0.222 e. The highest BCUT2D eigenvalue weighted by atomic mass is 16.3. The second-order valence-electron chi connectivity index (χ2n) is 5.51. The number of nitrogens with two attached hydrogens (primary N) is 1. The third-order valence-corrected chi connectivity index (χ3v) is 3.28. The quantitative estimate of drug-likeness (QED) is 0.696. The molecule has 0 aromatic carbocycles. The first-order valence-electron chi connectivity index (χ1n) is 6.91. The molecule has 0 aromatic heterocycles. The van der Waals surface area contributed by atoms with Crippen molar-refractivity contribution < 1.29 is 9.90 Å². The molecule has 1 saturated heterocycles. The van der Waals surface area contributed by atoms with Gasteiger partial charge in [0.05, 0.1) is 6.10 Å². The summed E-state index contributed by atoms with van der Waals surface area (Å²) in [6.07, 6.45) is 0.940. The number of aliphatic hydroxyl groups excluding tert-OH is 1. The van der Waals surface area contributed by atoms with E-state index >= 15 is 0 Å². The van der Waals surface area contributed by atoms with Gasteiger partial charge in [-0.15, -0.1) is 0 Å². The summed E-state index contributed by atoms with van der Waals surface area (Å²) in [6, 6.07) is 0. The molecule has 0 spiro atoms. The Morgan fingerprint density at radius 3 is 2.39 bits per heavy atom. The van der Waals surface area contributed by atoms with Gasteiger partial charge in [0.25, 0.3) is 0 Å². The predicted octanol–water partition coefficient (Wildman–Crippen LogP) is -0.114. The molecule has 0 bridgehead atoms. The Bertz CT molecular complexity index is 251. The minimum absolute atomic E-state index is 0.257.